The van der Waals surface area contributed by atoms with Crippen molar-refractivity contribution in [3.05, 3.63) is 64.6 Å². The molecule has 1 N–H and O–H groups in total. The van der Waals surface area contributed by atoms with E-state index in [9.17, 15) is 9.59 Å². The Labute approximate surface area is 138 Å². The zero-order chi connectivity index (χ0) is 16.4. The molecule has 0 radical (unpaired) electrons. The molecule has 0 unspecified atom stereocenters. The molecule has 3 rings (SSSR count). The Morgan fingerprint density at radius 2 is 1.87 bits per heavy atom. The molecule has 0 aliphatic carbocycles. The van der Waals surface area contributed by atoms with Gasteiger partial charge in [0.25, 0.3) is 5.91 Å². The molecule has 4 nitrogen and oxygen atoms in total. The maximum Gasteiger partial charge on any atom is 0.335 e. The highest BCUT2D eigenvalue weighted by Crippen LogP contribution is 2.41. The van der Waals surface area contributed by atoms with Gasteiger partial charge in [-0.15, -0.1) is 0 Å². The van der Waals surface area contributed by atoms with Crippen molar-refractivity contribution in [2.45, 2.75) is 11.8 Å². The number of para-hydroxylation sites is 1. The minimum Gasteiger partial charge on any atom is -0.478 e. The summed E-state index contributed by atoms with van der Waals surface area (Å²) in [5.41, 5.74) is 1.97. The number of thioether (sulfide) groups is 1. The van der Waals surface area contributed by atoms with Crippen LogP contribution in [0.4, 0.5) is 5.69 Å². The van der Waals surface area contributed by atoms with Gasteiger partial charge in [-0.25, -0.2) is 4.79 Å². The number of hydrogen-bond acceptors (Lipinski definition) is 3. The van der Waals surface area contributed by atoms with Crippen molar-refractivity contribution in [3.8, 4) is 0 Å². The fraction of sp³-hybridized carbons (Fsp3) is 0.111. The number of aromatic carboxylic acids is 1. The maximum atomic E-state index is 12.6. The molecule has 5 heteroatoms. The Morgan fingerprint density at radius 1 is 1.17 bits per heavy atom. The number of fused-ring (bicyclic) bond motifs is 1. The third kappa shape index (κ3) is 3.00. The second-order valence-electron chi connectivity index (χ2n) is 5.05. The number of carbonyl (C=O) groups is 2. The molecule has 1 aliphatic heterocycles. The van der Waals surface area contributed by atoms with E-state index in [0.717, 1.165) is 16.1 Å². The van der Waals surface area contributed by atoms with Crippen LogP contribution in [0.2, 0.25) is 0 Å². The molecular weight excluding hydrogens is 310 g/mol. The molecule has 0 aromatic heterocycles. The predicted molar refractivity (Wildman–Crippen MR) is 91.7 cm³/mol. The fourth-order valence-electron chi connectivity index (χ4n) is 2.45. The molecule has 0 spiro atoms. The van der Waals surface area contributed by atoms with Crippen LogP contribution in [-0.2, 0) is 4.79 Å². The Bertz CT molecular complexity index is 796. The first-order chi connectivity index (χ1) is 11.1. The Hall–Kier alpha value is -2.53. The number of likely N-dealkylation sites (N-methyl/N-ethyl adjacent to an activating group) is 1. The number of amides is 1. The number of anilines is 1. The molecule has 2 aromatic carbocycles. The summed E-state index contributed by atoms with van der Waals surface area (Å²) in [7, 11) is 0. The van der Waals surface area contributed by atoms with E-state index in [1.54, 1.807) is 23.1 Å². The van der Waals surface area contributed by atoms with Crippen molar-refractivity contribution in [1.82, 2.24) is 0 Å². The van der Waals surface area contributed by atoms with E-state index in [0.29, 0.717) is 11.4 Å². The lowest BCUT2D eigenvalue weighted by Gasteiger charge is -2.29. The molecule has 0 atom stereocenters. The van der Waals surface area contributed by atoms with Crippen molar-refractivity contribution in [1.29, 1.82) is 0 Å². The van der Waals surface area contributed by atoms with Gasteiger partial charge in [0.15, 0.2) is 0 Å². The van der Waals surface area contributed by atoms with E-state index in [1.807, 2.05) is 31.2 Å². The molecule has 1 aliphatic rings. The number of carbonyl (C=O) groups excluding carboxylic acids is 1. The largest absolute Gasteiger partial charge is 0.478 e. The highest BCUT2D eigenvalue weighted by Gasteiger charge is 2.27. The van der Waals surface area contributed by atoms with Crippen LogP contribution >= 0.6 is 11.8 Å². The minimum absolute atomic E-state index is 0.0292. The Kier molecular flexibility index (Phi) is 4.21. The third-order valence-electron chi connectivity index (χ3n) is 3.60. The summed E-state index contributed by atoms with van der Waals surface area (Å²) in [6.07, 6.45) is 1.80. The highest BCUT2D eigenvalue weighted by molar-refractivity contribution is 8.04. The van der Waals surface area contributed by atoms with E-state index in [2.05, 4.69) is 0 Å². The molecule has 1 heterocycles. The van der Waals surface area contributed by atoms with Gasteiger partial charge in [-0.05, 0) is 42.8 Å². The second-order valence-corrected chi connectivity index (χ2v) is 6.14. The Balaban J connectivity index is 1.96. The van der Waals surface area contributed by atoms with E-state index >= 15 is 0 Å². The molecule has 0 saturated carbocycles. The van der Waals surface area contributed by atoms with Crippen LogP contribution in [0, 0.1) is 0 Å². The number of benzene rings is 2. The van der Waals surface area contributed by atoms with Crippen LogP contribution in [0.3, 0.4) is 0 Å². The predicted octanol–water partition coefficient (Wildman–Crippen LogP) is 3.88. The molecular formula is C18H15NO3S. The van der Waals surface area contributed by atoms with Crippen LogP contribution < -0.4 is 4.90 Å². The van der Waals surface area contributed by atoms with Crippen LogP contribution in [0.1, 0.15) is 22.8 Å². The van der Waals surface area contributed by atoms with E-state index in [4.69, 9.17) is 5.11 Å². The molecule has 23 heavy (non-hydrogen) atoms. The van der Waals surface area contributed by atoms with Gasteiger partial charge >= 0.3 is 5.97 Å². The summed E-state index contributed by atoms with van der Waals surface area (Å²) in [5, 5.41) is 8.93. The SMILES string of the molecule is CCN1C(=O)/C(=C\c2ccc(C(=O)O)cc2)Sc2ccccc21. The van der Waals surface area contributed by atoms with Gasteiger partial charge in [0.2, 0.25) is 0 Å². The summed E-state index contributed by atoms with van der Waals surface area (Å²) in [4.78, 5) is 27.0. The van der Waals surface area contributed by atoms with Crippen LogP contribution in [0.25, 0.3) is 6.08 Å². The smallest absolute Gasteiger partial charge is 0.335 e. The molecule has 0 saturated heterocycles. The summed E-state index contributed by atoms with van der Waals surface area (Å²) < 4.78 is 0. The van der Waals surface area contributed by atoms with Gasteiger partial charge in [0.05, 0.1) is 16.2 Å². The number of carboxylic acid groups (broad SMARTS) is 1. The Morgan fingerprint density at radius 3 is 2.52 bits per heavy atom. The van der Waals surface area contributed by atoms with Crippen LogP contribution in [-0.4, -0.2) is 23.5 Å². The lowest BCUT2D eigenvalue weighted by Crippen LogP contribution is -2.33. The summed E-state index contributed by atoms with van der Waals surface area (Å²) >= 11 is 1.44. The normalized spacial score (nSPS) is 15.6. The van der Waals surface area contributed by atoms with Crippen LogP contribution in [0.15, 0.2) is 58.3 Å². The lowest BCUT2D eigenvalue weighted by atomic mass is 10.1. The minimum atomic E-state index is -0.960. The fourth-order valence-corrected chi connectivity index (χ4v) is 3.51. The third-order valence-corrected chi connectivity index (χ3v) is 4.68. The quantitative estimate of drug-likeness (QED) is 0.870. The topological polar surface area (TPSA) is 57.6 Å². The van der Waals surface area contributed by atoms with Gasteiger partial charge < -0.3 is 10.0 Å². The lowest BCUT2D eigenvalue weighted by molar-refractivity contribution is -0.114. The van der Waals surface area contributed by atoms with Crippen molar-refractivity contribution in [2.75, 3.05) is 11.4 Å². The summed E-state index contributed by atoms with van der Waals surface area (Å²) in [5.74, 6) is -0.989. The zero-order valence-electron chi connectivity index (χ0n) is 12.5. The van der Waals surface area contributed by atoms with Crippen molar-refractivity contribution in [3.63, 3.8) is 0 Å². The van der Waals surface area contributed by atoms with Gasteiger partial charge in [-0.3, -0.25) is 4.79 Å². The van der Waals surface area contributed by atoms with Crippen molar-refractivity contribution < 1.29 is 14.7 Å². The number of carboxylic acids is 1. The number of rotatable bonds is 3. The maximum absolute atomic E-state index is 12.6. The zero-order valence-corrected chi connectivity index (χ0v) is 13.3. The summed E-state index contributed by atoms with van der Waals surface area (Å²) in [6.45, 7) is 2.55. The van der Waals surface area contributed by atoms with Crippen molar-refractivity contribution in [2.24, 2.45) is 0 Å². The van der Waals surface area contributed by atoms with E-state index < -0.39 is 5.97 Å². The average Bonchev–Trinajstić information content (AvgIpc) is 2.56. The second kappa shape index (κ2) is 6.30. The van der Waals surface area contributed by atoms with Gasteiger partial charge in [0, 0.05) is 11.4 Å². The van der Waals surface area contributed by atoms with Gasteiger partial charge in [-0.2, -0.15) is 0 Å². The average molecular weight is 325 g/mol. The number of hydrogen-bond donors (Lipinski definition) is 1. The number of nitrogens with zero attached hydrogens (tertiary/aromatic N) is 1. The first kappa shape index (κ1) is 15.4. The van der Waals surface area contributed by atoms with Gasteiger partial charge in [0.1, 0.15) is 0 Å². The standard InChI is InChI=1S/C18H15NO3S/c1-2-19-14-5-3-4-6-15(14)23-16(17(19)20)11-12-7-9-13(10-8-12)18(21)22/h3-11H,2H2,1H3,(H,21,22)/b16-11+. The summed E-state index contributed by atoms with van der Waals surface area (Å²) in [6, 6.07) is 14.3. The molecule has 2 aromatic rings. The van der Waals surface area contributed by atoms with Crippen LogP contribution in [0.5, 0.6) is 0 Å². The monoisotopic (exact) mass is 325 g/mol. The first-order valence-electron chi connectivity index (χ1n) is 7.24. The molecule has 116 valence electrons. The molecule has 0 bridgehead atoms. The van der Waals surface area contributed by atoms with E-state index in [1.165, 1.54) is 23.9 Å². The van der Waals surface area contributed by atoms with Crippen molar-refractivity contribution >= 4 is 35.4 Å². The van der Waals surface area contributed by atoms with E-state index in [-0.39, 0.29) is 11.5 Å². The highest BCUT2D eigenvalue weighted by atomic mass is 32.2. The van der Waals surface area contributed by atoms with Gasteiger partial charge in [-0.1, -0.05) is 36.0 Å². The molecule has 0 fully saturated rings. The first-order valence-corrected chi connectivity index (χ1v) is 8.05. The molecule has 1 amide bonds.